The number of Topliss-reactive ketones (excluding diaryl/α,β-unsaturated/α-hetero) is 1. The summed E-state index contributed by atoms with van der Waals surface area (Å²) in [4.78, 5) is 16.9. The van der Waals surface area contributed by atoms with Crippen LogP contribution in [0.3, 0.4) is 0 Å². The fraction of sp³-hybridized carbons (Fsp3) is 0.167. The predicted octanol–water partition coefficient (Wildman–Crippen LogP) is 4.71. The third-order valence-corrected chi connectivity index (χ3v) is 5.63. The lowest BCUT2D eigenvalue weighted by Gasteiger charge is -2.11. The molecule has 0 aliphatic rings. The first-order valence-corrected chi connectivity index (χ1v) is 11.1. The number of ketones is 1. The highest BCUT2D eigenvalue weighted by Crippen LogP contribution is 2.29. The molecule has 2 aromatic carbocycles. The molecule has 0 aliphatic carbocycles. The molecule has 2 heterocycles. The molecule has 32 heavy (non-hydrogen) atoms. The van der Waals surface area contributed by atoms with Crippen molar-refractivity contribution < 1.29 is 14.3 Å². The Balaban J connectivity index is 1.62. The van der Waals surface area contributed by atoms with Crippen LogP contribution in [0.5, 0.6) is 11.5 Å². The number of aromatic nitrogens is 4. The summed E-state index contributed by atoms with van der Waals surface area (Å²) in [7, 11) is 1.60. The second-order valence-corrected chi connectivity index (χ2v) is 7.69. The number of methoxy groups -OCH3 is 1. The van der Waals surface area contributed by atoms with Gasteiger partial charge in [-0.05, 0) is 67.6 Å². The number of rotatable bonds is 9. The summed E-state index contributed by atoms with van der Waals surface area (Å²) in [5.41, 5.74) is 2.33. The van der Waals surface area contributed by atoms with Gasteiger partial charge in [0.1, 0.15) is 11.5 Å². The first-order chi connectivity index (χ1) is 15.7. The Morgan fingerprint density at radius 1 is 1.00 bits per heavy atom. The van der Waals surface area contributed by atoms with E-state index >= 15 is 0 Å². The van der Waals surface area contributed by atoms with E-state index in [1.807, 2.05) is 47.9 Å². The number of thioether (sulfide) groups is 1. The van der Waals surface area contributed by atoms with Gasteiger partial charge in [-0.15, -0.1) is 10.2 Å². The van der Waals surface area contributed by atoms with Crippen molar-refractivity contribution in [2.45, 2.75) is 12.1 Å². The van der Waals surface area contributed by atoms with Crippen LogP contribution in [0.2, 0.25) is 0 Å². The van der Waals surface area contributed by atoms with Gasteiger partial charge in [-0.1, -0.05) is 11.8 Å². The van der Waals surface area contributed by atoms with Gasteiger partial charge in [-0.25, -0.2) is 0 Å². The van der Waals surface area contributed by atoms with Gasteiger partial charge in [0, 0.05) is 29.2 Å². The molecule has 7 nitrogen and oxygen atoms in total. The molecule has 0 fully saturated rings. The Labute approximate surface area is 190 Å². The molecule has 0 spiro atoms. The minimum atomic E-state index is 0.00169. The molecule has 0 unspecified atom stereocenters. The van der Waals surface area contributed by atoms with E-state index in [-0.39, 0.29) is 11.5 Å². The van der Waals surface area contributed by atoms with Crippen LogP contribution in [0.4, 0.5) is 0 Å². The first kappa shape index (κ1) is 21.6. The summed E-state index contributed by atoms with van der Waals surface area (Å²) < 4.78 is 12.6. The lowest BCUT2D eigenvalue weighted by atomic mass is 10.1. The van der Waals surface area contributed by atoms with Crippen LogP contribution in [-0.4, -0.2) is 45.0 Å². The van der Waals surface area contributed by atoms with Gasteiger partial charge in [0.2, 0.25) is 0 Å². The maximum absolute atomic E-state index is 12.7. The predicted molar refractivity (Wildman–Crippen MR) is 124 cm³/mol. The topological polar surface area (TPSA) is 79.1 Å². The molecule has 0 atom stereocenters. The number of ether oxygens (including phenoxy) is 2. The highest BCUT2D eigenvalue weighted by atomic mass is 32.2. The van der Waals surface area contributed by atoms with Gasteiger partial charge in [0.15, 0.2) is 16.8 Å². The Kier molecular flexibility index (Phi) is 6.81. The quantitative estimate of drug-likeness (QED) is 0.272. The standard InChI is InChI=1S/C24H22N4O3S/c1-3-31-21-12-8-19(9-13-21)28-23(18-5-4-14-25-15-18)26-27-24(28)32-16-22(29)17-6-10-20(30-2)11-7-17/h4-15H,3,16H2,1-2H3. The molecule has 0 N–H and O–H groups in total. The third kappa shape index (κ3) is 4.81. The van der Waals surface area contributed by atoms with Crippen molar-refractivity contribution in [3.05, 3.63) is 78.6 Å². The number of carbonyl (C=O) groups is 1. The average Bonchev–Trinajstić information content (AvgIpc) is 3.28. The molecular weight excluding hydrogens is 424 g/mol. The van der Waals surface area contributed by atoms with E-state index in [0.717, 1.165) is 17.0 Å². The molecular formula is C24H22N4O3S. The summed E-state index contributed by atoms with van der Waals surface area (Å²) in [6.45, 7) is 2.55. The zero-order valence-corrected chi connectivity index (χ0v) is 18.6. The maximum Gasteiger partial charge on any atom is 0.196 e. The molecule has 0 radical (unpaired) electrons. The van der Waals surface area contributed by atoms with Crippen LogP contribution < -0.4 is 9.47 Å². The molecule has 162 valence electrons. The van der Waals surface area contributed by atoms with E-state index in [1.54, 1.807) is 43.8 Å². The monoisotopic (exact) mass is 446 g/mol. The van der Waals surface area contributed by atoms with E-state index < -0.39 is 0 Å². The van der Waals surface area contributed by atoms with Crippen molar-refractivity contribution in [3.8, 4) is 28.6 Å². The van der Waals surface area contributed by atoms with Crippen molar-refractivity contribution in [3.63, 3.8) is 0 Å². The van der Waals surface area contributed by atoms with Gasteiger partial charge >= 0.3 is 0 Å². The van der Waals surface area contributed by atoms with Crippen molar-refractivity contribution in [1.82, 2.24) is 19.7 Å². The van der Waals surface area contributed by atoms with Crippen LogP contribution in [0.1, 0.15) is 17.3 Å². The van der Waals surface area contributed by atoms with E-state index in [9.17, 15) is 4.79 Å². The molecule has 0 bridgehead atoms. The van der Waals surface area contributed by atoms with E-state index in [1.165, 1.54) is 11.8 Å². The largest absolute Gasteiger partial charge is 0.497 e. The first-order valence-electron chi connectivity index (χ1n) is 10.1. The summed E-state index contributed by atoms with van der Waals surface area (Å²) in [5, 5.41) is 9.37. The summed E-state index contributed by atoms with van der Waals surface area (Å²) in [6.07, 6.45) is 3.45. The molecule has 2 aromatic heterocycles. The molecule has 0 amide bonds. The summed E-state index contributed by atoms with van der Waals surface area (Å²) in [6, 6.07) is 18.6. The number of carbonyl (C=O) groups excluding carboxylic acids is 1. The van der Waals surface area contributed by atoms with Crippen LogP contribution in [0, 0.1) is 0 Å². The number of pyridine rings is 1. The number of hydrogen-bond acceptors (Lipinski definition) is 7. The smallest absolute Gasteiger partial charge is 0.196 e. The van der Waals surface area contributed by atoms with Crippen LogP contribution in [0.25, 0.3) is 17.1 Å². The van der Waals surface area contributed by atoms with Gasteiger partial charge in [-0.3, -0.25) is 14.3 Å². The minimum absolute atomic E-state index is 0.00169. The molecule has 0 saturated carbocycles. The van der Waals surface area contributed by atoms with Gasteiger partial charge in [0.25, 0.3) is 0 Å². The SMILES string of the molecule is CCOc1ccc(-n2c(SCC(=O)c3ccc(OC)cc3)nnc2-c2cccnc2)cc1. The second kappa shape index (κ2) is 10.1. The highest BCUT2D eigenvalue weighted by molar-refractivity contribution is 7.99. The Hall–Kier alpha value is -3.65. The van der Waals surface area contributed by atoms with Crippen LogP contribution in [-0.2, 0) is 0 Å². The normalized spacial score (nSPS) is 10.7. The van der Waals surface area contributed by atoms with E-state index in [0.29, 0.717) is 28.9 Å². The second-order valence-electron chi connectivity index (χ2n) is 6.75. The summed E-state index contributed by atoms with van der Waals surface area (Å²) >= 11 is 1.34. The minimum Gasteiger partial charge on any atom is -0.497 e. The maximum atomic E-state index is 12.7. The molecule has 4 aromatic rings. The molecule has 8 heteroatoms. The zero-order chi connectivity index (χ0) is 22.3. The highest BCUT2D eigenvalue weighted by Gasteiger charge is 2.18. The van der Waals surface area contributed by atoms with E-state index in [4.69, 9.17) is 9.47 Å². The zero-order valence-electron chi connectivity index (χ0n) is 17.8. The van der Waals surface area contributed by atoms with Gasteiger partial charge in [-0.2, -0.15) is 0 Å². The van der Waals surface area contributed by atoms with Gasteiger partial charge in [0.05, 0.1) is 19.5 Å². The van der Waals surface area contributed by atoms with Crippen molar-refractivity contribution >= 4 is 17.5 Å². The molecule has 0 aliphatic heterocycles. The average molecular weight is 447 g/mol. The number of benzene rings is 2. The number of hydrogen-bond donors (Lipinski definition) is 0. The summed E-state index contributed by atoms with van der Waals surface area (Å²) in [5.74, 6) is 2.39. The fourth-order valence-corrected chi connectivity index (χ4v) is 3.97. The molecule has 4 rings (SSSR count). The van der Waals surface area contributed by atoms with Crippen LogP contribution in [0.15, 0.2) is 78.2 Å². The van der Waals surface area contributed by atoms with Crippen LogP contribution >= 0.6 is 11.8 Å². The lowest BCUT2D eigenvalue weighted by molar-refractivity contribution is 0.102. The lowest BCUT2D eigenvalue weighted by Crippen LogP contribution is -2.05. The Morgan fingerprint density at radius 3 is 2.41 bits per heavy atom. The molecule has 0 saturated heterocycles. The van der Waals surface area contributed by atoms with Crippen molar-refractivity contribution in [1.29, 1.82) is 0 Å². The van der Waals surface area contributed by atoms with Gasteiger partial charge < -0.3 is 9.47 Å². The third-order valence-electron chi connectivity index (χ3n) is 4.70. The van der Waals surface area contributed by atoms with Crippen molar-refractivity contribution in [2.75, 3.05) is 19.5 Å². The fourth-order valence-electron chi connectivity index (χ4n) is 3.13. The Morgan fingerprint density at radius 2 is 1.75 bits per heavy atom. The number of nitrogens with zero attached hydrogens (tertiary/aromatic N) is 4. The van der Waals surface area contributed by atoms with E-state index in [2.05, 4.69) is 15.2 Å². The van der Waals surface area contributed by atoms with Crippen molar-refractivity contribution in [2.24, 2.45) is 0 Å². The Bertz CT molecular complexity index is 1180.